The van der Waals surface area contributed by atoms with Crippen LogP contribution in [0.3, 0.4) is 0 Å². The second-order valence-corrected chi connectivity index (χ2v) is 3.27. The van der Waals surface area contributed by atoms with Gasteiger partial charge < -0.3 is 0 Å². The molecule has 0 saturated heterocycles. The van der Waals surface area contributed by atoms with E-state index in [9.17, 15) is 8.78 Å². The van der Waals surface area contributed by atoms with Crippen LogP contribution in [0.1, 0.15) is 0 Å². The minimum absolute atomic E-state index is 0.289. The van der Waals surface area contributed by atoms with E-state index in [4.69, 9.17) is 0 Å². The molecule has 0 bridgehead atoms. The van der Waals surface area contributed by atoms with Crippen molar-refractivity contribution < 1.29 is 8.78 Å². The van der Waals surface area contributed by atoms with Crippen LogP contribution in [0, 0.1) is 11.6 Å². The molecule has 2 rings (SSSR count). The van der Waals surface area contributed by atoms with Gasteiger partial charge in [0.2, 0.25) is 0 Å². The van der Waals surface area contributed by atoms with Crippen LogP contribution >= 0.6 is 12.6 Å². The van der Waals surface area contributed by atoms with Gasteiger partial charge in [0.1, 0.15) is 0 Å². The monoisotopic (exact) mass is 224 g/mol. The van der Waals surface area contributed by atoms with Crippen LogP contribution in [0.25, 0.3) is 11.3 Å². The molecule has 0 spiro atoms. The van der Waals surface area contributed by atoms with Crippen molar-refractivity contribution in [3.05, 3.63) is 42.1 Å². The van der Waals surface area contributed by atoms with Crippen LogP contribution in [0.4, 0.5) is 8.78 Å². The van der Waals surface area contributed by atoms with Crippen molar-refractivity contribution in [2.75, 3.05) is 0 Å². The van der Waals surface area contributed by atoms with Crippen molar-refractivity contribution in [1.82, 2.24) is 9.97 Å². The molecule has 0 radical (unpaired) electrons. The first-order valence-electron chi connectivity index (χ1n) is 4.14. The quantitative estimate of drug-likeness (QED) is 0.595. The molecule has 0 unspecified atom stereocenters. The van der Waals surface area contributed by atoms with Gasteiger partial charge in [-0.1, -0.05) is 0 Å². The first kappa shape index (κ1) is 10.0. The Morgan fingerprint density at radius 1 is 1.07 bits per heavy atom. The molecule has 0 N–H and O–H groups in total. The zero-order valence-electron chi connectivity index (χ0n) is 7.48. The number of hydrogen-bond donors (Lipinski definition) is 1. The Balaban J connectivity index is 2.50. The second-order valence-electron chi connectivity index (χ2n) is 2.87. The highest BCUT2D eigenvalue weighted by molar-refractivity contribution is 7.80. The topological polar surface area (TPSA) is 25.8 Å². The minimum Gasteiger partial charge on any atom is -0.231 e. The Labute approximate surface area is 90.4 Å². The average molecular weight is 224 g/mol. The number of nitrogens with zero attached hydrogens (tertiary/aromatic N) is 2. The Morgan fingerprint density at radius 2 is 1.87 bits per heavy atom. The van der Waals surface area contributed by atoms with Crippen molar-refractivity contribution in [3.8, 4) is 11.3 Å². The third-order valence-electron chi connectivity index (χ3n) is 1.86. The number of benzene rings is 1. The standard InChI is InChI=1S/C10H6F2N2S/c11-7-2-1-6(5-8(7)12)9-3-4-13-10(15)14-9/h1-5H,(H,13,14,15). The fourth-order valence-electron chi connectivity index (χ4n) is 1.16. The van der Waals surface area contributed by atoms with Crippen molar-refractivity contribution in [2.45, 2.75) is 5.16 Å². The van der Waals surface area contributed by atoms with E-state index in [2.05, 4.69) is 22.6 Å². The van der Waals surface area contributed by atoms with Crippen molar-refractivity contribution in [1.29, 1.82) is 0 Å². The molecular weight excluding hydrogens is 218 g/mol. The van der Waals surface area contributed by atoms with Gasteiger partial charge in [-0.15, -0.1) is 12.6 Å². The largest absolute Gasteiger partial charge is 0.231 e. The molecule has 1 heterocycles. The molecule has 0 amide bonds. The summed E-state index contributed by atoms with van der Waals surface area (Å²) in [5, 5.41) is 0.289. The maximum atomic E-state index is 12.9. The third-order valence-corrected chi connectivity index (χ3v) is 2.07. The fraction of sp³-hybridized carbons (Fsp3) is 0. The molecule has 0 aliphatic carbocycles. The van der Waals surface area contributed by atoms with E-state index in [1.165, 1.54) is 12.3 Å². The lowest BCUT2D eigenvalue weighted by atomic mass is 10.1. The fourth-order valence-corrected chi connectivity index (χ4v) is 1.34. The summed E-state index contributed by atoms with van der Waals surface area (Å²) < 4.78 is 25.6. The molecular formula is C10H6F2N2S. The van der Waals surface area contributed by atoms with Crippen LogP contribution in [0.2, 0.25) is 0 Å². The summed E-state index contributed by atoms with van der Waals surface area (Å²) in [6.45, 7) is 0. The predicted octanol–water partition coefficient (Wildman–Crippen LogP) is 2.71. The number of thiol groups is 1. The number of hydrogen-bond acceptors (Lipinski definition) is 3. The van der Waals surface area contributed by atoms with Gasteiger partial charge >= 0.3 is 0 Å². The molecule has 0 fully saturated rings. The Morgan fingerprint density at radius 3 is 2.53 bits per heavy atom. The summed E-state index contributed by atoms with van der Waals surface area (Å²) in [4.78, 5) is 7.77. The highest BCUT2D eigenvalue weighted by Crippen LogP contribution is 2.19. The Kier molecular flexibility index (Phi) is 2.64. The average Bonchev–Trinajstić information content (AvgIpc) is 2.22. The number of halogens is 2. The lowest BCUT2D eigenvalue weighted by Crippen LogP contribution is -1.89. The van der Waals surface area contributed by atoms with Crippen molar-refractivity contribution in [3.63, 3.8) is 0 Å². The van der Waals surface area contributed by atoms with E-state index in [1.807, 2.05) is 0 Å². The number of rotatable bonds is 1. The SMILES string of the molecule is Fc1ccc(-c2ccnc(S)n2)cc1F. The molecule has 0 saturated carbocycles. The molecule has 1 aromatic carbocycles. The summed E-state index contributed by atoms with van der Waals surface area (Å²) >= 11 is 3.96. The molecule has 76 valence electrons. The van der Waals surface area contributed by atoms with Gasteiger partial charge in [-0.2, -0.15) is 0 Å². The van der Waals surface area contributed by atoms with Crippen LogP contribution in [0.5, 0.6) is 0 Å². The van der Waals surface area contributed by atoms with Gasteiger partial charge in [-0.3, -0.25) is 0 Å². The Hall–Kier alpha value is -1.49. The first-order valence-corrected chi connectivity index (χ1v) is 4.59. The van der Waals surface area contributed by atoms with Crippen LogP contribution in [-0.2, 0) is 0 Å². The summed E-state index contributed by atoms with van der Waals surface area (Å²) in [5.74, 6) is -1.77. The number of aromatic nitrogens is 2. The van der Waals surface area contributed by atoms with Crippen LogP contribution < -0.4 is 0 Å². The molecule has 0 atom stereocenters. The maximum Gasteiger partial charge on any atom is 0.184 e. The van der Waals surface area contributed by atoms with Gasteiger partial charge in [-0.25, -0.2) is 18.7 Å². The smallest absolute Gasteiger partial charge is 0.184 e. The lowest BCUT2D eigenvalue weighted by molar-refractivity contribution is 0.509. The maximum absolute atomic E-state index is 12.9. The molecule has 5 heteroatoms. The molecule has 15 heavy (non-hydrogen) atoms. The second kappa shape index (κ2) is 3.94. The normalized spacial score (nSPS) is 10.3. The van der Waals surface area contributed by atoms with Gasteiger partial charge in [-0.05, 0) is 24.3 Å². The van der Waals surface area contributed by atoms with E-state index >= 15 is 0 Å². The van der Waals surface area contributed by atoms with Gasteiger partial charge in [0.25, 0.3) is 0 Å². The highest BCUT2D eigenvalue weighted by atomic mass is 32.1. The zero-order valence-corrected chi connectivity index (χ0v) is 8.38. The first-order chi connectivity index (χ1) is 7.16. The van der Waals surface area contributed by atoms with Crippen molar-refractivity contribution in [2.24, 2.45) is 0 Å². The summed E-state index contributed by atoms with van der Waals surface area (Å²) in [6, 6.07) is 5.20. The third kappa shape index (κ3) is 2.12. The minimum atomic E-state index is -0.896. The van der Waals surface area contributed by atoms with E-state index in [0.29, 0.717) is 11.3 Å². The highest BCUT2D eigenvalue weighted by Gasteiger charge is 2.05. The van der Waals surface area contributed by atoms with Crippen molar-refractivity contribution >= 4 is 12.6 Å². The Bertz CT molecular complexity index is 503. The molecule has 0 aliphatic heterocycles. The van der Waals surface area contributed by atoms with Gasteiger partial charge in [0.05, 0.1) is 5.69 Å². The van der Waals surface area contributed by atoms with E-state index in [0.717, 1.165) is 12.1 Å². The molecule has 0 aliphatic rings. The van der Waals surface area contributed by atoms with Crippen LogP contribution in [-0.4, -0.2) is 9.97 Å². The summed E-state index contributed by atoms with van der Waals surface area (Å²) in [5.41, 5.74) is 1.00. The zero-order chi connectivity index (χ0) is 10.8. The predicted molar refractivity (Wildman–Crippen MR) is 54.6 cm³/mol. The van der Waals surface area contributed by atoms with Gasteiger partial charge in [0, 0.05) is 11.8 Å². The molecule has 2 nitrogen and oxygen atoms in total. The molecule has 1 aromatic heterocycles. The van der Waals surface area contributed by atoms with E-state index < -0.39 is 11.6 Å². The molecule has 2 aromatic rings. The van der Waals surface area contributed by atoms with Crippen LogP contribution in [0.15, 0.2) is 35.6 Å². The summed E-state index contributed by atoms with van der Waals surface area (Å²) in [6.07, 6.45) is 1.51. The lowest BCUT2D eigenvalue weighted by Gasteiger charge is -2.01. The van der Waals surface area contributed by atoms with E-state index in [-0.39, 0.29) is 5.16 Å². The van der Waals surface area contributed by atoms with Gasteiger partial charge in [0.15, 0.2) is 16.8 Å². The van der Waals surface area contributed by atoms with E-state index in [1.54, 1.807) is 6.07 Å². The summed E-state index contributed by atoms with van der Waals surface area (Å²) in [7, 11) is 0.